The van der Waals surface area contributed by atoms with Crippen molar-refractivity contribution in [3.63, 3.8) is 0 Å². The highest BCUT2D eigenvalue weighted by atomic mass is 16.6. The second kappa shape index (κ2) is 6.88. The highest BCUT2D eigenvalue weighted by Crippen LogP contribution is 2.25. The molecule has 0 heterocycles. The summed E-state index contributed by atoms with van der Waals surface area (Å²) >= 11 is 0. The maximum absolute atomic E-state index is 12.2. The van der Waals surface area contributed by atoms with Crippen LogP contribution in [0, 0.1) is 10.1 Å². The minimum atomic E-state index is -0.488. The van der Waals surface area contributed by atoms with Crippen molar-refractivity contribution in [3.05, 3.63) is 33.9 Å². The highest BCUT2D eigenvalue weighted by Gasteiger charge is 2.19. The number of nitro benzene ring substituents is 1. The zero-order valence-electron chi connectivity index (χ0n) is 12.3. The van der Waals surface area contributed by atoms with E-state index in [2.05, 4.69) is 5.32 Å². The number of hydrogen-bond donors (Lipinski definition) is 1. The first-order valence-corrected chi connectivity index (χ1v) is 6.74. The number of non-ortho nitro benzene ring substituents is 1. The van der Waals surface area contributed by atoms with Gasteiger partial charge in [0.2, 0.25) is 0 Å². The van der Waals surface area contributed by atoms with Gasteiger partial charge in [0.25, 0.3) is 11.6 Å². The molecular formula is C14H21N3O3. The molecule has 6 nitrogen and oxygen atoms in total. The van der Waals surface area contributed by atoms with Gasteiger partial charge in [0, 0.05) is 37.0 Å². The number of nitro groups is 1. The minimum absolute atomic E-state index is 0.0219. The van der Waals surface area contributed by atoms with Gasteiger partial charge in [-0.05, 0) is 33.8 Å². The van der Waals surface area contributed by atoms with E-state index in [9.17, 15) is 14.9 Å². The van der Waals surface area contributed by atoms with E-state index in [4.69, 9.17) is 0 Å². The number of carbonyl (C=O) groups excluding carboxylic acids is 1. The topological polar surface area (TPSA) is 75.5 Å². The van der Waals surface area contributed by atoms with Crippen LogP contribution < -0.4 is 10.2 Å². The highest BCUT2D eigenvalue weighted by molar-refractivity contribution is 6.00. The molecule has 0 aliphatic rings. The van der Waals surface area contributed by atoms with Gasteiger partial charge in [0.1, 0.15) is 0 Å². The molecule has 1 aromatic rings. The Morgan fingerprint density at radius 1 is 1.35 bits per heavy atom. The van der Waals surface area contributed by atoms with Crippen molar-refractivity contribution in [1.29, 1.82) is 0 Å². The second-order valence-corrected chi connectivity index (χ2v) is 4.76. The largest absolute Gasteiger partial charge is 0.371 e. The van der Waals surface area contributed by atoms with Gasteiger partial charge in [-0.1, -0.05) is 0 Å². The molecule has 0 aromatic heterocycles. The van der Waals surface area contributed by atoms with Crippen molar-refractivity contribution in [1.82, 2.24) is 5.32 Å². The van der Waals surface area contributed by atoms with Gasteiger partial charge in [-0.3, -0.25) is 14.9 Å². The van der Waals surface area contributed by atoms with E-state index in [1.807, 2.05) is 32.6 Å². The van der Waals surface area contributed by atoms with Crippen LogP contribution in [-0.2, 0) is 0 Å². The third kappa shape index (κ3) is 3.69. The number of anilines is 1. The molecule has 0 bridgehead atoms. The van der Waals surface area contributed by atoms with Crippen LogP contribution in [0.25, 0.3) is 0 Å². The quantitative estimate of drug-likeness (QED) is 0.641. The molecule has 0 spiro atoms. The molecule has 0 radical (unpaired) electrons. The zero-order valence-corrected chi connectivity index (χ0v) is 12.3. The monoisotopic (exact) mass is 279 g/mol. The van der Waals surface area contributed by atoms with E-state index in [1.54, 1.807) is 6.07 Å². The van der Waals surface area contributed by atoms with Crippen LogP contribution in [0.1, 0.15) is 38.1 Å². The summed E-state index contributed by atoms with van der Waals surface area (Å²) < 4.78 is 0. The molecule has 110 valence electrons. The number of nitrogens with one attached hydrogen (secondary N) is 1. The van der Waals surface area contributed by atoms with E-state index in [0.717, 1.165) is 18.8 Å². The Kier molecular flexibility index (Phi) is 5.49. The molecule has 0 saturated carbocycles. The van der Waals surface area contributed by atoms with E-state index in [0.29, 0.717) is 5.56 Å². The summed E-state index contributed by atoms with van der Waals surface area (Å²) in [4.78, 5) is 24.6. The van der Waals surface area contributed by atoms with E-state index in [-0.39, 0.29) is 17.6 Å². The van der Waals surface area contributed by atoms with Gasteiger partial charge in [0.15, 0.2) is 0 Å². The second-order valence-electron chi connectivity index (χ2n) is 4.76. The maximum atomic E-state index is 12.2. The first kappa shape index (κ1) is 15.9. The molecule has 0 aliphatic heterocycles. The van der Waals surface area contributed by atoms with Crippen LogP contribution in [-0.4, -0.2) is 30.0 Å². The van der Waals surface area contributed by atoms with Gasteiger partial charge in [-0.25, -0.2) is 0 Å². The number of amides is 1. The lowest BCUT2D eigenvalue weighted by Crippen LogP contribution is -2.32. The summed E-state index contributed by atoms with van der Waals surface area (Å²) in [5.41, 5.74) is 0.991. The Labute approximate surface area is 118 Å². The van der Waals surface area contributed by atoms with Crippen molar-refractivity contribution < 1.29 is 9.72 Å². The van der Waals surface area contributed by atoms with Crippen molar-refractivity contribution in [2.75, 3.05) is 18.0 Å². The summed E-state index contributed by atoms with van der Waals surface area (Å²) in [6.45, 7) is 9.13. The summed E-state index contributed by atoms with van der Waals surface area (Å²) in [6.07, 6.45) is 0. The van der Waals surface area contributed by atoms with Crippen LogP contribution in [0.15, 0.2) is 18.2 Å². The summed E-state index contributed by atoms with van der Waals surface area (Å²) in [6, 6.07) is 4.39. The number of carbonyl (C=O) groups is 1. The van der Waals surface area contributed by atoms with Crippen LogP contribution in [0.3, 0.4) is 0 Å². The molecule has 0 fully saturated rings. The molecule has 0 unspecified atom stereocenters. The van der Waals surface area contributed by atoms with Crippen molar-refractivity contribution >= 4 is 17.3 Å². The Balaban J connectivity index is 3.29. The van der Waals surface area contributed by atoms with E-state index in [1.165, 1.54) is 12.1 Å². The van der Waals surface area contributed by atoms with Crippen LogP contribution >= 0.6 is 0 Å². The number of benzene rings is 1. The van der Waals surface area contributed by atoms with Crippen LogP contribution in [0.2, 0.25) is 0 Å². The Morgan fingerprint density at radius 3 is 2.40 bits per heavy atom. The lowest BCUT2D eigenvalue weighted by Gasteiger charge is -2.24. The average molecular weight is 279 g/mol. The molecular weight excluding hydrogens is 258 g/mol. The Hall–Kier alpha value is -2.11. The first-order valence-electron chi connectivity index (χ1n) is 6.74. The third-order valence-electron chi connectivity index (χ3n) is 2.96. The minimum Gasteiger partial charge on any atom is -0.371 e. The first-order chi connectivity index (χ1) is 9.40. The van der Waals surface area contributed by atoms with Crippen LogP contribution in [0.5, 0.6) is 0 Å². The summed E-state index contributed by atoms with van der Waals surface area (Å²) in [7, 11) is 0. The van der Waals surface area contributed by atoms with Crippen molar-refractivity contribution in [2.45, 2.75) is 33.7 Å². The number of hydrogen-bond acceptors (Lipinski definition) is 4. The SMILES string of the molecule is CCN(CC)c1ccc([N+](=O)[O-])cc1C(=O)NC(C)C. The lowest BCUT2D eigenvalue weighted by molar-refractivity contribution is -0.384. The van der Waals surface area contributed by atoms with Crippen molar-refractivity contribution in [2.24, 2.45) is 0 Å². The Morgan fingerprint density at radius 2 is 1.95 bits per heavy atom. The fraction of sp³-hybridized carbons (Fsp3) is 0.500. The standard InChI is InChI=1S/C14H21N3O3/c1-5-16(6-2)13-8-7-11(17(19)20)9-12(13)14(18)15-10(3)4/h7-10H,5-6H2,1-4H3,(H,15,18). The molecule has 1 N–H and O–H groups in total. The smallest absolute Gasteiger partial charge is 0.270 e. The molecule has 1 rings (SSSR count). The van der Waals surface area contributed by atoms with Crippen molar-refractivity contribution in [3.8, 4) is 0 Å². The molecule has 0 atom stereocenters. The van der Waals surface area contributed by atoms with Gasteiger partial charge in [0.05, 0.1) is 10.5 Å². The normalized spacial score (nSPS) is 10.4. The number of nitrogens with zero attached hydrogens (tertiary/aromatic N) is 2. The molecule has 20 heavy (non-hydrogen) atoms. The predicted octanol–water partition coefficient (Wildman–Crippen LogP) is 2.58. The number of rotatable bonds is 6. The fourth-order valence-corrected chi connectivity index (χ4v) is 2.00. The molecule has 6 heteroatoms. The van der Waals surface area contributed by atoms with Gasteiger partial charge < -0.3 is 10.2 Å². The lowest BCUT2D eigenvalue weighted by atomic mass is 10.1. The Bertz CT molecular complexity index is 496. The fourth-order valence-electron chi connectivity index (χ4n) is 2.00. The van der Waals surface area contributed by atoms with Gasteiger partial charge >= 0.3 is 0 Å². The third-order valence-corrected chi connectivity index (χ3v) is 2.96. The van der Waals surface area contributed by atoms with Gasteiger partial charge in [-0.15, -0.1) is 0 Å². The maximum Gasteiger partial charge on any atom is 0.270 e. The van der Waals surface area contributed by atoms with E-state index >= 15 is 0 Å². The molecule has 1 amide bonds. The molecule has 0 aliphatic carbocycles. The van der Waals surface area contributed by atoms with Gasteiger partial charge in [-0.2, -0.15) is 0 Å². The summed E-state index contributed by atoms with van der Waals surface area (Å²) in [5.74, 6) is -0.286. The van der Waals surface area contributed by atoms with Crippen LogP contribution in [0.4, 0.5) is 11.4 Å². The molecule has 1 aromatic carbocycles. The van der Waals surface area contributed by atoms with E-state index < -0.39 is 4.92 Å². The zero-order chi connectivity index (χ0) is 15.3. The average Bonchev–Trinajstić information content (AvgIpc) is 2.39. The molecule has 0 saturated heterocycles. The predicted molar refractivity (Wildman–Crippen MR) is 79.3 cm³/mol. The summed E-state index contributed by atoms with van der Waals surface area (Å²) in [5, 5.41) is 13.7.